The van der Waals surface area contributed by atoms with Crippen molar-refractivity contribution in [2.75, 3.05) is 0 Å². The second-order valence-corrected chi connectivity index (χ2v) is 4.66. The number of rotatable bonds is 4. The molecule has 2 aromatic heterocycles. The Morgan fingerprint density at radius 2 is 2.17 bits per heavy atom. The van der Waals surface area contributed by atoms with Crippen molar-refractivity contribution in [3.05, 3.63) is 47.0 Å². The van der Waals surface area contributed by atoms with Gasteiger partial charge in [0.1, 0.15) is 0 Å². The molecule has 18 heavy (non-hydrogen) atoms. The van der Waals surface area contributed by atoms with E-state index in [1.165, 1.54) is 16.8 Å². The Hall–Kier alpha value is -1.68. The zero-order valence-electron chi connectivity index (χ0n) is 11.4. The monoisotopic (exact) mass is 244 g/mol. The fraction of sp³-hybridized carbons (Fsp3) is 0.429. The molecule has 0 fully saturated rings. The molecule has 1 N–H and O–H groups in total. The van der Waals surface area contributed by atoms with Gasteiger partial charge in [-0.25, -0.2) is 0 Å². The van der Waals surface area contributed by atoms with Crippen molar-refractivity contribution in [2.45, 2.75) is 33.4 Å². The molecule has 0 bridgehead atoms. The van der Waals surface area contributed by atoms with Crippen molar-refractivity contribution in [2.24, 2.45) is 7.05 Å². The smallest absolute Gasteiger partial charge is 0.0641 e. The van der Waals surface area contributed by atoms with Gasteiger partial charge in [0, 0.05) is 43.3 Å². The number of aryl methyl sites for hydroxylation is 2. The van der Waals surface area contributed by atoms with Crippen molar-refractivity contribution in [3.8, 4) is 0 Å². The molecule has 0 saturated carbocycles. The minimum absolute atomic E-state index is 0.290. The molecule has 96 valence electrons. The summed E-state index contributed by atoms with van der Waals surface area (Å²) in [5.41, 5.74) is 4.81. The van der Waals surface area contributed by atoms with Crippen LogP contribution in [0.2, 0.25) is 0 Å². The van der Waals surface area contributed by atoms with Crippen LogP contribution in [0.15, 0.2) is 24.5 Å². The van der Waals surface area contributed by atoms with E-state index in [0.29, 0.717) is 0 Å². The fourth-order valence-electron chi connectivity index (χ4n) is 2.08. The van der Waals surface area contributed by atoms with Gasteiger partial charge in [0.25, 0.3) is 0 Å². The lowest BCUT2D eigenvalue weighted by Crippen LogP contribution is -2.19. The molecular weight excluding hydrogens is 224 g/mol. The fourth-order valence-corrected chi connectivity index (χ4v) is 2.08. The van der Waals surface area contributed by atoms with Crippen LogP contribution in [0, 0.1) is 13.8 Å². The van der Waals surface area contributed by atoms with E-state index in [1.54, 1.807) is 6.20 Å². The summed E-state index contributed by atoms with van der Waals surface area (Å²) in [6.07, 6.45) is 3.70. The largest absolute Gasteiger partial charge is 0.306 e. The van der Waals surface area contributed by atoms with Crippen molar-refractivity contribution in [3.63, 3.8) is 0 Å². The molecular formula is C14H20N4. The first-order valence-electron chi connectivity index (χ1n) is 6.22. The van der Waals surface area contributed by atoms with Crippen LogP contribution in [0.5, 0.6) is 0 Å². The van der Waals surface area contributed by atoms with E-state index < -0.39 is 0 Å². The summed E-state index contributed by atoms with van der Waals surface area (Å²) in [7, 11) is 1.98. The first kappa shape index (κ1) is 12.8. The Morgan fingerprint density at radius 3 is 2.72 bits per heavy atom. The molecule has 0 aliphatic heterocycles. The first-order chi connectivity index (χ1) is 8.59. The normalized spacial score (nSPS) is 12.7. The zero-order chi connectivity index (χ0) is 13.1. The minimum atomic E-state index is 0.290. The topological polar surface area (TPSA) is 42.7 Å². The Kier molecular flexibility index (Phi) is 3.77. The van der Waals surface area contributed by atoms with Crippen LogP contribution in [0.4, 0.5) is 0 Å². The van der Waals surface area contributed by atoms with Crippen LogP contribution in [0.3, 0.4) is 0 Å². The Labute approximate surface area is 108 Å². The molecule has 0 amide bonds. The number of aromatic nitrogens is 3. The number of pyridine rings is 1. The third-order valence-electron chi connectivity index (χ3n) is 3.43. The summed E-state index contributed by atoms with van der Waals surface area (Å²) in [4.78, 5) is 4.14. The summed E-state index contributed by atoms with van der Waals surface area (Å²) in [6, 6.07) is 4.35. The molecule has 0 aliphatic rings. The van der Waals surface area contributed by atoms with Crippen LogP contribution in [0.25, 0.3) is 0 Å². The second-order valence-electron chi connectivity index (χ2n) is 4.66. The molecule has 0 aromatic carbocycles. The van der Waals surface area contributed by atoms with Gasteiger partial charge < -0.3 is 5.32 Å². The lowest BCUT2D eigenvalue weighted by Gasteiger charge is -2.14. The average Bonchev–Trinajstić information content (AvgIpc) is 2.62. The maximum atomic E-state index is 4.43. The summed E-state index contributed by atoms with van der Waals surface area (Å²) in [5.74, 6) is 0. The standard InChI is InChI=1S/C14H20N4/c1-10(13-6-5-7-15-8-13)16-9-14-11(2)17-18(4)12(14)3/h5-8,10,16H,9H2,1-4H3/t10-/m1/s1. The highest BCUT2D eigenvalue weighted by Gasteiger charge is 2.11. The molecule has 0 aliphatic carbocycles. The average molecular weight is 244 g/mol. The van der Waals surface area contributed by atoms with E-state index in [4.69, 9.17) is 0 Å². The van der Waals surface area contributed by atoms with E-state index in [-0.39, 0.29) is 6.04 Å². The maximum Gasteiger partial charge on any atom is 0.0641 e. The molecule has 2 rings (SSSR count). The molecule has 2 heterocycles. The number of nitrogens with one attached hydrogen (secondary N) is 1. The molecule has 4 heteroatoms. The number of nitrogens with zero attached hydrogens (tertiary/aromatic N) is 3. The van der Waals surface area contributed by atoms with Crippen molar-refractivity contribution in [1.29, 1.82) is 0 Å². The van der Waals surface area contributed by atoms with Gasteiger partial charge in [-0.15, -0.1) is 0 Å². The van der Waals surface area contributed by atoms with Gasteiger partial charge in [-0.05, 0) is 32.4 Å². The lowest BCUT2D eigenvalue weighted by molar-refractivity contribution is 0.570. The summed E-state index contributed by atoms with van der Waals surface area (Å²) < 4.78 is 1.93. The molecule has 0 radical (unpaired) electrons. The maximum absolute atomic E-state index is 4.43. The highest BCUT2D eigenvalue weighted by atomic mass is 15.3. The quantitative estimate of drug-likeness (QED) is 0.897. The summed E-state index contributed by atoms with van der Waals surface area (Å²) >= 11 is 0. The predicted molar refractivity (Wildman–Crippen MR) is 72.2 cm³/mol. The molecule has 1 atom stereocenters. The lowest BCUT2D eigenvalue weighted by atomic mass is 10.1. The molecule has 0 saturated heterocycles. The van der Waals surface area contributed by atoms with Gasteiger partial charge in [-0.1, -0.05) is 6.07 Å². The van der Waals surface area contributed by atoms with Crippen LogP contribution in [0.1, 0.15) is 35.5 Å². The van der Waals surface area contributed by atoms with Gasteiger partial charge in [-0.3, -0.25) is 9.67 Å². The van der Waals surface area contributed by atoms with E-state index in [1.807, 2.05) is 24.0 Å². The van der Waals surface area contributed by atoms with Crippen LogP contribution in [-0.2, 0) is 13.6 Å². The SMILES string of the molecule is Cc1nn(C)c(C)c1CN[C@H](C)c1cccnc1. The van der Waals surface area contributed by atoms with Gasteiger partial charge in [0.05, 0.1) is 5.69 Å². The predicted octanol–water partition coefficient (Wildman–Crippen LogP) is 2.28. The van der Waals surface area contributed by atoms with Gasteiger partial charge >= 0.3 is 0 Å². The van der Waals surface area contributed by atoms with Crippen LogP contribution >= 0.6 is 0 Å². The number of hydrogen-bond acceptors (Lipinski definition) is 3. The zero-order valence-corrected chi connectivity index (χ0v) is 11.4. The Balaban J connectivity index is 2.04. The van der Waals surface area contributed by atoms with Gasteiger partial charge in [0.15, 0.2) is 0 Å². The molecule has 2 aromatic rings. The highest BCUT2D eigenvalue weighted by Crippen LogP contribution is 2.15. The summed E-state index contributed by atoms with van der Waals surface area (Å²) in [6.45, 7) is 7.14. The van der Waals surface area contributed by atoms with Gasteiger partial charge in [0.2, 0.25) is 0 Å². The summed E-state index contributed by atoms with van der Waals surface area (Å²) in [5, 5.41) is 7.94. The highest BCUT2D eigenvalue weighted by molar-refractivity contribution is 5.24. The van der Waals surface area contributed by atoms with E-state index >= 15 is 0 Å². The third kappa shape index (κ3) is 2.59. The van der Waals surface area contributed by atoms with Crippen molar-refractivity contribution in [1.82, 2.24) is 20.1 Å². The molecule has 0 unspecified atom stereocenters. The van der Waals surface area contributed by atoms with Crippen molar-refractivity contribution < 1.29 is 0 Å². The molecule has 4 nitrogen and oxygen atoms in total. The van der Waals surface area contributed by atoms with E-state index in [2.05, 4.69) is 42.2 Å². The van der Waals surface area contributed by atoms with Crippen LogP contribution < -0.4 is 5.32 Å². The molecule has 0 spiro atoms. The second kappa shape index (κ2) is 5.31. The van der Waals surface area contributed by atoms with Crippen molar-refractivity contribution >= 4 is 0 Å². The van der Waals surface area contributed by atoms with Crippen LogP contribution in [-0.4, -0.2) is 14.8 Å². The number of hydrogen-bond donors (Lipinski definition) is 1. The third-order valence-corrected chi connectivity index (χ3v) is 3.43. The van der Waals surface area contributed by atoms with Gasteiger partial charge in [-0.2, -0.15) is 5.10 Å². The Morgan fingerprint density at radius 1 is 1.39 bits per heavy atom. The first-order valence-corrected chi connectivity index (χ1v) is 6.22. The minimum Gasteiger partial charge on any atom is -0.306 e. The Bertz CT molecular complexity index is 516. The van der Waals surface area contributed by atoms with E-state index in [0.717, 1.165) is 12.2 Å². The van der Waals surface area contributed by atoms with E-state index in [9.17, 15) is 0 Å².